The number of hydrogen-bond donors (Lipinski definition) is 0. The van der Waals surface area contributed by atoms with Gasteiger partial charge in [0.15, 0.2) is 18.9 Å². The Bertz CT molecular complexity index is 485. The van der Waals surface area contributed by atoms with Gasteiger partial charge in [-0.1, -0.05) is 18.2 Å². The zero-order chi connectivity index (χ0) is 12.8. The van der Waals surface area contributed by atoms with Gasteiger partial charge in [0.25, 0.3) is 0 Å². The van der Waals surface area contributed by atoms with Gasteiger partial charge < -0.3 is 17.3 Å². The lowest BCUT2D eigenvalue weighted by molar-refractivity contribution is -0.694. The lowest BCUT2D eigenvalue weighted by Crippen LogP contribution is -3.00. The summed E-state index contributed by atoms with van der Waals surface area (Å²) in [6.07, 6.45) is 4.23. The fourth-order valence-electron chi connectivity index (χ4n) is 2.11. The van der Waals surface area contributed by atoms with Gasteiger partial charge in [0.2, 0.25) is 0 Å². The molecule has 0 bridgehead atoms. The first-order valence-corrected chi connectivity index (χ1v) is 6.55. The van der Waals surface area contributed by atoms with Crippen LogP contribution < -0.4 is 21.9 Å². The fourth-order valence-corrected chi connectivity index (χ4v) is 2.11. The van der Waals surface area contributed by atoms with Gasteiger partial charge in [-0.15, -0.1) is 0 Å². The van der Waals surface area contributed by atoms with Crippen LogP contribution in [-0.4, -0.2) is 13.1 Å². The molecule has 0 saturated carbocycles. The highest BCUT2D eigenvalue weighted by Gasteiger charge is 2.07. The zero-order valence-corrected chi connectivity index (χ0v) is 12.3. The molecular formula is C16H21ClN2. The molecule has 0 aliphatic heterocycles. The van der Waals surface area contributed by atoms with Crippen molar-refractivity contribution in [3.05, 3.63) is 60.4 Å². The number of aromatic nitrogens is 1. The number of hydrogen-bond acceptors (Lipinski definition) is 1. The van der Waals surface area contributed by atoms with Crippen molar-refractivity contribution in [3.63, 3.8) is 0 Å². The van der Waals surface area contributed by atoms with Gasteiger partial charge in [0, 0.05) is 24.4 Å². The first-order chi connectivity index (χ1) is 8.79. The molecule has 0 spiro atoms. The standard InChI is InChI=1S/C16H21N2.ClH/c1-3-18(16-9-7-8-15(2)14-16)13-12-17-10-5-4-6-11-17;/h4-11,14H,3,12-13H2,1-2H3;1H/q+1;/p-1. The summed E-state index contributed by atoms with van der Waals surface area (Å²) in [7, 11) is 0. The summed E-state index contributed by atoms with van der Waals surface area (Å²) in [6.45, 7) is 7.44. The number of benzene rings is 1. The van der Waals surface area contributed by atoms with Gasteiger partial charge in [-0.25, -0.2) is 4.57 Å². The Labute approximate surface area is 122 Å². The number of nitrogens with zero attached hydrogens (tertiary/aromatic N) is 2. The quantitative estimate of drug-likeness (QED) is 0.687. The maximum Gasteiger partial charge on any atom is 0.168 e. The van der Waals surface area contributed by atoms with E-state index in [1.165, 1.54) is 11.3 Å². The highest BCUT2D eigenvalue weighted by Crippen LogP contribution is 2.15. The third-order valence-corrected chi connectivity index (χ3v) is 3.15. The summed E-state index contributed by atoms with van der Waals surface area (Å²) in [5, 5.41) is 0. The van der Waals surface area contributed by atoms with Crippen molar-refractivity contribution in [2.45, 2.75) is 20.4 Å². The van der Waals surface area contributed by atoms with Crippen LogP contribution in [0.2, 0.25) is 0 Å². The number of halogens is 1. The van der Waals surface area contributed by atoms with Crippen molar-refractivity contribution in [2.24, 2.45) is 0 Å². The van der Waals surface area contributed by atoms with E-state index in [2.05, 4.69) is 78.2 Å². The molecule has 3 heteroatoms. The lowest BCUT2D eigenvalue weighted by atomic mass is 10.2. The summed E-state index contributed by atoms with van der Waals surface area (Å²) in [5.74, 6) is 0. The van der Waals surface area contributed by atoms with Crippen LogP contribution in [0.15, 0.2) is 54.9 Å². The van der Waals surface area contributed by atoms with E-state index >= 15 is 0 Å². The van der Waals surface area contributed by atoms with Crippen LogP contribution in [-0.2, 0) is 6.54 Å². The smallest absolute Gasteiger partial charge is 0.168 e. The van der Waals surface area contributed by atoms with Crippen LogP contribution in [0.4, 0.5) is 5.69 Å². The zero-order valence-electron chi connectivity index (χ0n) is 11.6. The highest BCUT2D eigenvalue weighted by atomic mass is 35.5. The molecule has 0 aliphatic rings. The topological polar surface area (TPSA) is 7.12 Å². The number of pyridine rings is 1. The SMILES string of the molecule is CCN(CC[n+]1ccccc1)c1cccc(C)c1.[Cl-]. The van der Waals surface area contributed by atoms with Gasteiger partial charge in [0.05, 0.1) is 6.54 Å². The van der Waals surface area contributed by atoms with Crippen LogP contribution in [0, 0.1) is 6.92 Å². The molecule has 0 unspecified atom stereocenters. The van der Waals surface area contributed by atoms with Gasteiger partial charge >= 0.3 is 0 Å². The highest BCUT2D eigenvalue weighted by molar-refractivity contribution is 5.48. The molecule has 0 saturated heterocycles. The van der Waals surface area contributed by atoms with Crippen LogP contribution >= 0.6 is 0 Å². The Morgan fingerprint density at radius 3 is 2.42 bits per heavy atom. The van der Waals surface area contributed by atoms with Crippen molar-refractivity contribution in [1.29, 1.82) is 0 Å². The van der Waals surface area contributed by atoms with Crippen molar-refractivity contribution in [1.82, 2.24) is 0 Å². The molecule has 19 heavy (non-hydrogen) atoms. The van der Waals surface area contributed by atoms with Gasteiger partial charge in [-0.3, -0.25) is 0 Å². The summed E-state index contributed by atoms with van der Waals surface area (Å²) >= 11 is 0. The molecule has 0 amide bonds. The van der Waals surface area contributed by atoms with E-state index in [-0.39, 0.29) is 12.4 Å². The molecule has 0 fully saturated rings. The van der Waals surface area contributed by atoms with Crippen LogP contribution in [0.5, 0.6) is 0 Å². The fraction of sp³-hybridized carbons (Fsp3) is 0.312. The van der Waals surface area contributed by atoms with Crippen molar-refractivity contribution >= 4 is 5.69 Å². The molecule has 102 valence electrons. The maximum absolute atomic E-state index is 2.41. The Morgan fingerprint density at radius 1 is 1.05 bits per heavy atom. The third kappa shape index (κ3) is 4.56. The van der Waals surface area contributed by atoms with E-state index in [1.54, 1.807) is 0 Å². The molecular weight excluding hydrogens is 256 g/mol. The molecule has 2 nitrogen and oxygen atoms in total. The Kier molecular flexibility index (Phi) is 6.37. The Balaban J connectivity index is 0.00000180. The molecule has 1 heterocycles. The Hall–Kier alpha value is -1.54. The number of rotatable bonds is 5. The predicted octanol–water partition coefficient (Wildman–Crippen LogP) is -0.187. The average molecular weight is 277 g/mol. The summed E-state index contributed by atoms with van der Waals surface area (Å²) in [5.41, 5.74) is 2.63. The minimum absolute atomic E-state index is 0. The van der Waals surface area contributed by atoms with E-state index in [0.717, 1.165) is 19.6 Å². The van der Waals surface area contributed by atoms with Crippen LogP contribution in [0.25, 0.3) is 0 Å². The van der Waals surface area contributed by atoms with Crippen LogP contribution in [0.3, 0.4) is 0 Å². The maximum atomic E-state index is 2.41. The van der Waals surface area contributed by atoms with Crippen molar-refractivity contribution in [3.8, 4) is 0 Å². The molecule has 0 aliphatic carbocycles. The second kappa shape index (κ2) is 7.80. The molecule has 1 aromatic heterocycles. The summed E-state index contributed by atoms with van der Waals surface area (Å²) < 4.78 is 2.22. The number of aryl methyl sites for hydroxylation is 1. The third-order valence-electron chi connectivity index (χ3n) is 3.15. The van der Waals surface area contributed by atoms with Crippen molar-refractivity contribution < 1.29 is 17.0 Å². The second-order valence-electron chi connectivity index (χ2n) is 4.53. The lowest BCUT2D eigenvalue weighted by Gasteiger charge is -2.21. The van der Waals surface area contributed by atoms with Crippen LogP contribution in [0.1, 0.15) is 12.5 Å². The van der Waals surface area contributed by atoms with Gasteiger partial charge in [0.1, 0.15) is 0 Å². The number of likely N-dealkylation sites (N-methyl/N-ethyl adjacent to an activating group) is 1. The average Bonchev–Trinajstić information content (AvgIpc) is 2.41. The number of anilines is 1. The second-order valence-corrected chi connectivity index (χ2v) is 4.53. The predicted molar refractivity (Wildman–Crippen MR) is 75.7 cm³/mol. The van der Waals surface area contributed by atoms with E-state index < -0.39 is 0 Å². The van der Waals surface area contributed by atoms with Gasteiger partial charge in [-0.2, -0.15) is 0 Å². The van der Waals surface area contributed by atoms with Gasteiger partial charge in [-0.05, 0) is 31.5 Å². The molecule has 0 N–H and O–H groups in total. The summed E-state index contributed by atoms with van der Waals surface area (Å²) in [4.78, 5) is 2.41. The molecule has 2 rings (SSSR count). The van der Waals surface area contributed by atoms with E-state index in [9.17, 15) is 0 Å². The molecule has 0 atom stereocenters. The van der Waals surface area contributed by atoms with E-state index in [0.29, 0.717) is 0 Å². The van der Waals surface area contributed by atoms with Crippen molar-refractivity contribution in [2.75, 3.05) is 18.0 Å². The minimum Gasteiger partial charge on any atom is -1.00 e. The largest absolute Gasteiger partial charge is 1.00 e. The van der Waals surface area contributed by atoms with E-state index in [4.69, 9.17) is 0 Å². The minimum atomic E-state index is 0. The van der Waals surface area contributed by atoms with E-state index in [1.807, 2.05) is 0 Å². The normalized spacial score (nSPS) is 9.79. The first kappa shape index (κ1) is 15.5. The first-order valence-electron chi connectivity index (χ1n) is 6.55. The molecule has 0 radical (unpaired) electrons. The molecule has 1 aromatic carbocycles. The Morgan fingerprint density at radius 2 is 1.79 bits per heavy atom. The monoisotopic (exact) mass is 276 g/mol. The summed E-state index contributed by atoms with van der Waals surface area (Å²) in [6, 6.07) is 14.9. The molecule has 2 aromatic rings.